The van der Waals surface area contributed by atoms with Gasteiger partial charge in [0.2, 0.25) is 0 Å². The second kappa shape index (κ2) is 6.64. The lowest BCUT2D eigenvalue weighted by Gasteiger charge is -2.10. The number of benzene rings is 2. The smallest absolute Gasteiger partial charge is 0.127 e. The van der Waals surface area contributed by atoms with Crippen molar-refractivity contribution in [2.45, 2.75) is 24.3 Å². The summed E-state index contributed by atoms with van der Waals surface area (Å²) in [4.78, 5) is 1.23. The lowest BCUT2D eigenvalue weighted by Crippen LogP contribution is -2.07. The summed E-state index contributed by atoms with van der Waals surface area (Å²) in [5.74, 6) is 1.69. The average molecular weight is 273 g/mol. The molecular formula is C16H19NOS. The van der Waals surface area contributed by atoms with Gasteiger partial charge in [0.15, 0.2) is 0 Å². The number of hydrogen-bond donors (Lipinski definition) is 1. The molecule has 0 aliphatic carbocycles. The molecule has 0 heterocycles. The third kappa shape index (κ3) is 3.75. The van der Waals surface area contributed by atoms with Gasteiger partial charge in [0.05, 0.1) is 0 Å². The van der Waals surface area contributed by atoms with E-state index in [0.29, 0.717) is 0 Å². The van der Waals surface area contributed by atoms with E-state index in [1.54, 1.807) is 11.8 Å². The topological polar surface area (TPSA) is 35.2 Å². The summed E-state index contributed by atoms with van der Waals surface area (Å²) in [6.07, 6.45) is 3.00. The molecule has 2 nitrogen and oxygen atoms in total. The third-order valence-electron chi connectivity index (χ3n) is 3.04. The largest absolute Gasteiger partial charge is 0.457 e. The lowest BCUT2D eigenvalue weighted by molar-refractivity contribution is 0.481. The van der Waals surface area contributed by atoms with Gasteiger partial charge in [-0.15, -0.1) is 11.8 Å². The van der Waals surface area contributed by atoms with Crippen LogP contribution >= 0.6 is 11.8 Å². The molecule has 2 N–H and O–H groups in total. The second-order valence-corrected chi connectivity index (χ2v) is 5.24. The Kier molecular flexibility index (Phi) is 4.88. The van der Waals surface area contributed by atoms with Gasteiger partial charge in [-0.1, -0.05) is 19.1 Å². The molecule has 0 aliphatic rings. The number of hydrogen-bond acceptors (Lipinski definition) is 3. The first kappa shape index (κ1) is 14.0. The summed E-state index contributed by atoms with van der Waals surface area (Å²) in [5, 5.41) is 0. The van der Waals surface area contributed by atoms with Gasteiger partial charge in [-0.05, 0) is 54.6 Å². The molecule has 3 heteroatoms. The Balaban J connectivity index is 2.06. The molecule has 0 amide bonds. The van der Waals surface area contributed by atoms with Crippen molar-refractivity contribution in [2.75, 3.05) is 6.26 Å². The van der Waals surface area contributed by atoms with Crippen LogP contribution in [-0.4, -0.2) is 6.26 Å². The first-order chi connectivity index (χ1) is 9.22. The molecule has 0 saturated carbocycles. The highest BCUT2D eigenvalue weighted by Crippen LogP contribution is 2.25. The minimum absolute atomic E-state index is 0.106. The normalized spacial score (nSPS) is 12.2. The second-order valence-electron chi connectivity index (χ2n) is 4.36. The van der Waals surface area contributed by atoms with E-state index in [-0.39, 0.29) is 6.04 Å². The molecule has 0 fully saturated rings. The Morgan fingerprint density at radius 2 is 1.53 bits per heavy atom. The summed E-state index contributed by atoms with van der Waals surface area (Å²) in [6.45, 7) is 2.09. The van der Waals surface area contributed by atoms with Gasteiger partial charge >= 0.3 is 0 Å². The fourth-order valence-electron chi connectivity index (χ4n) is 1.80. The summed E-state index contributed by atoms with van der Waals surface area (Å²) in [6, 6.07) is 16.2. The van der Waals surface area contributed by atoms with Crippen LogP contribution in [0.2, 0.25) is 0 Å². The number of ether oxygens (including phenoxy) is 1. The minimum atomic E-state index is 0.106. The SMILES string of the molecule is CC[C@@H](N)c1ccc(Oc2ccc(SC)cc2)cc1. The molecule has 0 aliphatic heterocycles. The van der Waals surface area contributed by atoms with E-state index in [0.717, 1.165) is 23.5 Å². The van der Waals surface area contributed by atoms with Crippen LogP contribution < -0.4 is 10.5 Å². The highest BCUT2D eigenvalue weighted by Gasteiger charge is 2.03. The van der Waals surface area contributed by atoms with Crippen molar-refractivity contribution >= 4 is 11.8 Å². The predicted molar refractivity (Wildman–Crippen MR) is 82.0 cm³/mol. The molecular weight excluding hydrogens is 254 g/mol. The van der Waals surface area contributed by atoms with E-state index in [9.17, 15) is 0 Å². The zero-order valence-corrected chi connectivity index (χ0v) is 12.1. The van der Waals surface area contributed by atoms with Crippen molar-refractivity contribution in [1.82, 2.24) is 0 Å². The Labute approximate surface area is 119 Å². The zero-order chi connectivity index (χ0) is 13.7. The van der Waals surface area contributed by atoms with Gasteiger partial charge in [0.1, 0.15) is 11.5 Å². The van der Waals surface area contributed by atoms with E-state index in [1.807, 2.05) is 36.4 Å². The Hall–Kier alpha value is -1.45. The van der Waals surface area contributed by atoms with Crippen LogP contribution in [0.1, 0.15) is 24.9 Å². The van der Waals surface area contributed by atoms with E-state index in [2.05, 4.69) is 25.3 Å². The minimum Gasteiger partial charge on any atom is -0.457 e. The molecule has 0 unspecified atom stereocenters. The van der Waals surface area contributed by atoms with Gasteiger partial charge in [0, 0.05) is 10.9 Å². The van der Waals surface area contributed by atoms with E-state index >= 15 is 0 Å². The molecule has 2 rings (SSSR count). The highest BCUT2D eigenvalue weighted by molar-refractivity contribution is 7.98. The van der Waals surface area contributed by atoms with Crippen LogP contribution in [0.15, 0.2) is 53.4 Å². The quantitative estimate of drug-likeness (QED) is 0.808. The number of thioether (sulfide) groups is 1. The molecule has 0 bridgehead atoms. The van der Waals surface area contributed by atoms with Crippen molar-refractivity contribution in [3.8, 4) is 11.5 Å². The Bertz CT molecular complexity index is 507. The van der Waals surface area contributed by atoms with Crippen LogP contribution in [0.5, 0.6) is 11.5 Å². The summed E-state index contributed by atoms with van der Waals surface area (Å²) >= 11 is 1.72. The van der Waals surface area contributed by atoms with Crippen LogP contribution in [0.25, 0.3) is 0 Å². The van der Waals surface area contributed by atoms with Gasteiger partial charge in [-0.2, -0.15) is 0 Å². The van der Waals surface area contributed by atoms with Crippen molar-refractivity contribution < 1.29 is 4.74 Å². The van der Waals surface area contributed by atoms with Crippen molar-refractivity contribution in [3.05, 3.63) is 54.1 Å². The van der Waals surface area contributed by atoms with E-state index in [4.69, 9.17) is 10.5 Å². The van der Waals surface area contributed by atoms with Gasteiger partial charge < -0.3 is 10.5 Å². The molecule has 2 aromatic rings. The highest BCUT2D eigenvalue weighted by atomic mass is 32.2. The van der Waals surface area contributed by atoms with Crippen molar-refractivity contribution in [3.63, 3.8) is 0 Å². The van der Waals surface area contributed by atoms with Crippen LogP contribution in [-0.2, 0) is 0 Å². The molecule has 100 valence electrons. The van der Waals surface area contributed by atoms with Crippen molar-refractivity contribution in [1.29, 1.82) is 0 Å². The molecule has 2 aromatic carbocycles. The standard InChI is InChI=1S/C16H19NOS/c1-3-16(17)12-4-6-13(7-5-12)18-14-8-10-15(19-2)11-9-14/h4-11,16H,3,17H2,1-2H3/t16-/m1/s1. The maximum absolute atomic E-state index is 5.99. The molecule has 0 saturated heterocycles. The molecule has 0 aromatic heterocycles. The van der Waals surface area contributed by atoms with Crippen LogP contribution in [0.4, 0.5) is 0 Å². The monoisotopic (exact) mass is 273 g/mol. The maximum Gasteiger partial charge on any atom is 0.127 e. The first-order valence-corrected chi connectivity index (χ1v) is 7.63. The van der Waals surface area contributed by atoms with Gasteiger partial charge in [-0.3, -0.25) is 0 Å². The summed E-state index contributed by atoms with van der Waals surface area (Å²) in [5.41, 5.74) is 7.13. The molecule has 19 heavy (non-hydrogen) atoms. The number of rotatable bonds is 5. The summed E-state index contributed by atoms with van der Waals surface area (Å²) in [7, 11) is 0. The fourth-order valence-corrected chi connectivity index (χ4v) is 2.21. The van der Waals surface area contributed by atoms with E-state index < -0.39 is 0 Å². The fraction of sp³-hybridized carbons (Fsp3) is 0.250. The third-order valence-corrected chi connectivity index (χ3v) is 3.79. The van der Waals surface area contributed by atoms with Gasteiger partial charge in [-0.25, -0.2) is 0 Å². The average Bonchev–Trinajstić information content (AvgIpc) is 2.48. The zero-order valence-electron chi connectivity index (χ0n) is 11.3. The predicted octanol–water partition coefficient (Wildman–Crippen LogP) is 4.61. The number of nitrogens with two attached hydrogens (primary N) is 1. The maximum atomic E-state index is 5.99. The molecule has 1 atom stereocenters. The Morgan fingerprint density at radius 1 is 1.00 bits per heavy atom. The van der Waals surface area contributed by atoms with Gasteiger partial charge in [0.25, 0.3) is 0 Å². The lowest BCUT2D eigenvalue weighted by atomic mass is 10.1. The molecule has 0 radical (unpaired) electrons. The van der Waals surface area contributed by atoms with Crippen LogP contribution in [0, 0.1) is 0 Å². The van der Waals surface area contributed by atoms with Crippen molar-refractivity contribution in [2.24, 2.45) is 5.73 Å². The Morgan fingerprint density at radius 3 is 2.00 bits per heavy atom. The van der Waals surface area contributed by atoms with E-state index in [1.165, 1.54) is 4.90 Å². The van der Waals surface area contributed by atoms with Crippen LogP contribution in [0.3, 0.4) is 0 Å². The molecule has 0 spiro atoms. The first-order valence-electron chi connectivity index (χ1n) is 6.40. The summed E-state index contributed by atoms with van der Waals surface area (Å²) < 4.78 is 5.80.